The first-order chi connectivity index (χ1) is 8.33. The average Bonchev–Trinajstić information content (AvgIpc) is 2.80. The monoisotopic (exact) mass is 231 g/mol. The lowest BCUT2D eigenvalue weighted by molar-refractivity contribution is 0.340. The first kappa shape index (κ1) is 11.5. The summed E-state index contributed by atoms with van der Waals surface area (Å²) in [5.41, 5.74) is 2.11. The molecule has 0 aliphatic carbocycles. The van der Waals surface area contributed by atoms with Gasteiger partial charge < -0.3 is 10.1 Å². The molecular weight excluding hydrogens is 214 g/mol. The van der Waals surface area contributed by atoms with Crippen molar-refractivity contribution in [1.29, 1.82) is 0 Å². The molecule has 17 heavy (non-hydrogen) atoms. The molecule has 0 unspecified atom stereocenters. The average molecular weight is 231 g/mol. The largest absolute Gasteiger partial charge is 0.494 e. The van der Waals surface area contributed by atoms with Crippen LogP contribution in [0.1, 0.15) is 13.8 Å². The Morgan fingerprint density at radius 2 is 2.00 bits per heavy atom. The van der Waals surface area contributed by atoms with Crippen LogP contribution in [-0.2, 0) is 0 Å². The summed E-state index contributed by atoms with van der Waals surface area (Å²) < 4.78 is 5.40. The lowest BCUT2D eigenvalue weighted by atomic mass is 10.1. The van der Waals surface area contributed by atoms with E-state index >= 15 is 0 Å². The summed E-state index contributed by atoms with van der Waals surface area (Å²) >= 11 is 0. The first-order valence-electron chi connectivity index (χ1n) is 5.86. The number of nitrogens with one attached hydrogen (secondary N) is 2. The summed E-state index contributed by atoms with van der Waals surface area (Å²) in [6.07, 6.45) is 0. The molecule has 0 aliphatic rings. The van der Waals surface area contributed by atoms with Crippen LogP contribution in [-0.4, -0.2) is 23.3 Å². The third-order valence-electron chi connectivity index (χ3n) is 2.41. The highest BCUT2D eigenvalue weighted by Gasteiger charge is 2.02. The van der Waals surface area contributed by atoms with Gasteiger partial charge in [0.15, 0.2) is 0 Å². The highest BCUT2D eigenvalue weighted by molar-refractivity contribution is 5.63. The van der Waals surface area contributed by atoms with Gasteiger partial charge in [-0.25, -0.2) is 0 Å². The molecule has 2 N–H and O–H groups in total. The summed E-state index contributed by atoms with van der Waals surface area (Å²) in [4.78, 5) is 0. The number of rotatable bonds is 5. The van der Waals surface area contributed by atoms with Crippen molar-refractivity contribution in [2.45, 2.75) is 13.8 Å². The van der Waals surface area contributed by atoms with Crippen molar-refractivity contribution >= 4 is 5.82 Å². The van der Waals surface area contributed by atoms with Crippen molar-refractivity contribution in [3.05, 3.63) is 30.3 Å². The van der Waals surface area contributed by atoms with Gasteiger partial charge in [-0.3, -0.25) is 5.10 Å². The van der Waals surface area contributed by atoms with Crippen molar-refractivity contribution < 1.29 is 4.74 Å². The van der Waals surface area contributed by atoms with Gasteiger partial charge in [-0.15, -0.1) is 0 Å². The second kappa shape index (κ2) is 5.39. The zero-order valence-corrected chi connectivity index (χ0v) is 10.2. The van der Waals surface area contributed by atoms with Gasteiger partial charge in [0.25, 0.3) is 0 Å². The summed E-state index contributed by atoms with van der Waals surface area (Å²) in [6, 6.07) is 9.97. The summed E-state index contributed by atoms with van der Waals surface area (Å²) in [6.45, 7) is 5.58. The topological polar surface area (TPSA) is 49.9 Å². The van der Waals surface area contributed by atoms with Gasteiger partial charge in [-0.1, -0.05) is 0 Å². The molecule has 0 spiro atoms. The standard InChI is InChI=1S/C13H17N3O/c1-3-14-13-9-12(15-16-13)10-5-7-11(8-6-10)17-4-2/h5-9H,3-4H2,1-2H3,(H2,14,15,16). The van der Waals surface area contributed by atoms with E-state index in [-0.39, 0.29) is 0 Å². The fourth-order valence-corrected chi connectivity index (χ4v) is 1.64. The summed E-state index contributed by atoms with van der Waals surface area (Å²) in [5.74, 6) is 1.76. The van der Waals surface area contributed by atoms with E-state index in [1.165, 1.54) is 0 Å². The van der Waals surface area contributed by atoms with Crippen molar-refractivity contribution in [3.63, 3.8) is 0 Å². The smallest absolute Gasteiger partial charge is 0.148 e. The van der Waals surface area contributed by atoms with Gasteiger partial charge >= 0.3 is 0 Å². The second-order valence-corrected chi connectivity index (χ2v) is 3.65. The van der Waals surface area contributed by atoms with E-state index in [4.69, 9.17) is 4.74 Å². The van der Waals surface area contributed by atoms with Crippen LogP contribution >= 0.6 is 0 Å². The third-order valence-corrected chi connectivity index (χ3v) is 2.41. The zero-order chi connectivity index (χ0) is 12.1. The molecule has 4 heteroatoms. The summed E-state index contributed by atoms with van der Waals surface area (Å²) in [7, 11) is 0. The number of nitrogens with zero attached hydrogens (tertiary/aromatic N) is 1. The van der Waals surface area contributed by atoms with Gasteiger partial charge in [0.2, 0.25) is 0 Å². The molecule has 0 fully saturated rings. The number of anilines is 1. The van der Waals surface area contributed by atoms with Crippen LogP contribution in [0.3, 0.4) is 0 Å². The normalized spacial score (nSPS) is 10.2. The third kappa shape index (κ3) is 2.78. The van der Waals surface area contributed by atoms with Crippen LogP contribution in [0, 0.1) is 0 Å². The van der Waals surface area contributed by atoms with Crippen LogP contribution in [0.5, 0.6) is 5.75 Å². The van der Waals surface area contributed by atoms with Gasteiger partial charge in [-0.2, -0.15) is 5.10 Å². The molecule has 2 aromatic rings. The maximum Gasteiger partial charge on any atom is 0.148 e. The molecule has 1 heterocycles. The van der Waals surface area contributed by atoms with E-state index in [2.05, 4.69) is 15.5 Å². The Morgan fingerprint density at radius 1 is 1.24 bits per heavy atom. The van der Waals surface area contributed by atoms with E-state index in [9.17, 15) is 0 Å². The zero-order valence-electron chi connectivity index (χ0n) is 10.2. The Morgan fingerprint density at radius 3 is 2.65 bits per heavy atom. The van der Waals surface area contributed by atoms with Crippen molar-refractivity contribution in [2.24, 2.45) is 0 Å². The minimum atomic E-state index is 0.688. The van der Waals surface area contributed by atoms with Crippen LogP contribution in [0.2, 0.25) is 0 Å². The van der Waals surface area contributed by atoms with E-state index in [1.807, 2.05) is 44.2 Å². The van der Waals surface area contributed by atoms with Crippen LogP contribution in [0.25, 0.3) is 11.3 Å². The maximum atomic E-state index is 5.40. The SMILES string of the molecule is CCNc1cc(-c2ccc(OCC)cc2)[nH]n1. The molecule has 0 saturated carbocycles. The van der Waals surface area contributed by atoms with Crippen LogP contribution < -0.4 is 10.1 Å². The molecule has 0 atom stereocenters. The lowest BCUT2D eigenvalue weighted by Gasteiger charge is -2.03. The molecule has 0 radical (unpaired) electrons. The molecule has 0 amide bonds. The lowest BCUT2D eigenvalue weighted by Crippen LogP contribution is -1.95. The predicted molar refractivity (Wildman–Crippen MR) is 69.4 cm³/mol. The van der Waals surface area contributed by atoms with Gasteiger partial charge in [0, 0.05) is 12.6 Å². The number of H-pyrrole nitrogens is 1. The van der Waals surface area contributed by atoms with E-state index < -0.39 is 0 Å². The molecule has 0 saturated heterocycles. The predicted octanol–water partition coefficient (Wildman–Crippen LogP) is 2.91. The number of hydrogen-bond acceptors (Lipinski definition) is 3. The second-order valence-electron chi connectivity index (χ2n) is 3.65. The summed E-state index contributed by atoms with van der Waals surface area (Å²) in [5, 5.41) is 10.3. The minimum Gasteiger partial charge on any atom is -0.494 e. The quantitative estimate of drug-likeness (QED) is 0.831. The van der Waals surface area contributed by atoms with Crippen molar-refractivity contribution in [3.8, 4) is 17.0 Å². The van der Waals surface area contributed by atoms with Crippen LogP contribution in [0.15, 0.2) is 30.3 Å². The Bertz CT molecular complexity index is 462. The number of benzene rings is 1. The van der Waals surface area contributed by atoms with E-state index in [1.54, 1.807) is 0 Å². The van der Waals surface area contributed by atoms with Gasteiger partial charge in [-0.05, 0) is 43.7 Å². The number of hydrogen-bond donors (Lipinski definition) is 2. The van der Waals surface area contributed by atoms with Crippen molar-refractivity contribution in [1.82, 2.24) is 10.2 Å². The van der Waals surface area contributed by atoms with Gasteiger partial charge in [0.1, 0.15) is 11.6 Å². The number of aromatic nitrogens is 2. The van der Waals surface area contributed by atoms with E-state index in [0.717, 1.165) is 29.4 Å². The molecule has 0 aliphatic heterocycles. The van der Waals surface area contributed by atoms with Crippen molar-refractivity contribution in [2.75, 3.05) is 18.5 Å². The van der Waals surface area contributed by atoms with E-state index in [0.29, 0.717) is 6.61 Å². The molecule has 1 aromatic heterocycles. The highest BCUT2D eigenvalue weighted by atomic mass is 16.5. The Hall–Kier alpha value is -1.97. The number of aromatic amines is 1. The molecule has 2 rings (SSSR count). The Labute approximate surface area is 101 Å². The number of ether oxygens (including phenoxy) is 1. The molecule has 4 nitrogen and oxygen atoms in total. The highest BCUT2D eigenvalue weighted by Crippen LogP contribution is 2.22. The molecular formula is C13H17N3O. The minimum absolute atomic E-state index is 0.688. The maximum absolute atomic E-state index is 5.40. The molecule has 1 aromatic carbocycles. The molecule has 90 valence electrons. The van der Waals surface area contributed by atoms with Crippen LogP contribution in [0.4, 0.5) is 5.82 Å². The van der Waals surface area contributed by atoms with Gasteiger partial charge in [0.05, 0.1) is 12.3 Å². The first-order valence-corrected chi connectivity index (χ1v) is 5.86. The Kier molecular flexibility index (Phi) is 3.65. The Balaban J connectivity index is 2.15. The molecule has 0 bridgehead atoms. The fraction of sp³-hybridized carbons (Fsp3) is 0.308. The fourth-order valence-electron chi connectivity index (χ4n) is 1.64.